The Morgan fingerprint density at radius 3 is 2.34 bits per heavy atom. The van der Waals surface area contributed by atoms with Crippen LogP contribution in [0.5, 0.6) is 0 Å². The van der Waals surface area contributed by atoms with Gasteiger partial charge in [-0.25, -0.2) is 4.98 Å². The normalized spacial score (nSPS) is 22.1. The highest BCUT2D eigenvalue weighted by Gasteiger charge is 2.29. The zero-order chi connectivity index (χ0) is 18.6. The van der Waals surface area contributed by atoms with Crippen LogP contribution in [-0.2, 0) is 0 Å². The molecule has 8 heteroatoms. The number of hydrogen-bond donors (Lipinski definition) is 3. The average molecular weight is 439 g/mol. The minimum absolute atomic E-state index is 0. The van der Waals surface area contributed by atoms with Crippen LogP contribution in [0.25, 0.3) is 0 Å². The van der Waals surface area contributed by atoms with Gasteiger partial charge < -0.3 is 21.7 Å². The van der Waals surface area contributed by atoms with Gasteiger partial charge in [0.15, 0.2) is 0 Å². The van der Waals surface area contributed by atoms with Crippen LogP contribution in [0.4, 0.5) is 11.8 Å². The summed E-state index contributed by atoms with van der Waals surface area (Å²) >= 11 is 0. The first-order chi connectivity index (χ1) is 13.2. The number of likely N-dealkylation sites (tertiary alicyclic amines) is 1. The molecule has 160 valence electrons. The van der Waals surface area contributed by atoms with Crippen molar-refractivity contribution in [1.82, 2.24) is 14.9 Å². The van der Waals surface area contributed by atoms with E-state index in [9.17, 15) is 0 Å². The summed E-state index contributed by atoms with van der Waals surface area (Å²) in [5.74, 6) is 2.31. The Balaban J connectivity index is 0.00000150. The monoisotopic (exact) mass is 438 g/mol. The zero-order valence-electron chi connectivity index (χ0n) is 16.7. The molecule has 1 aromatic carbocycles. The maximum Gasteiger partial charge on any atom is 0.222 e. The first kappa shape index (κ1) is 23.7. The van der Waals surface area contributed by atoms with Crippen molar-refractivity contribution in [1.29, 1.82) is 0 Å². The molecular formula is C21H32Cl2N6. The fourth-order valence-corrected chi connectivity index (χ4v) is 4.25. The Morgan fingerprint density at radius 2 is 1.69 bits per heavy atom. The second-order valence-electron chi connectivity index (χ2n) is 7.92. The van der Waals surface area contributed by atoms with Crippen LogP contribution < -0.4 is 16.8 Å². The van der Waals surface area contributed by atoms with Gasteiger partial charge in [-0.2, -0.15) is 4.98 Å². The first-order valence-corrected chi connectivity index (χ1v) is 10.1. The summed E-state index contributed by atoms with van der Waals surface area (Å²) in [4.78, 5) is 11.3. The van der Waals surface area contributed by atoms with E-state index in [0.29, 0.717) is 23.8 Å². The number of nitrogens with zero attached hydrogens (tertiary/aromatic N) is 3. The predicted octanol–water partition coefficient (Wildman–Crippen LogP) is 3.40. The fraction of sp³-hybridized carbons (Fsp3) is 0.524. The summed E-state index contributed by atoms with van der Waals surface area (Å²) < 4.78 is 0. The lowest BCUT2D eigenvalue weighted by molar-refractivity contribution is 0.219. The number of nitrogen functional groups attached to an aromatic ring is 1. The largest absolute Gasteiger partial charge is 0.369 e. The molecule has 2 aliphatic rings. The number of halogens is 2. The molecule has 1 aliphatic heterocycles. The number of benzene rings is 1. The lowest BCUT2D eigenvalue weighted by Gasteiger charge is -2.32. The van der Waals surface area contributed by atoms with Gasteiger partial charge in [0.2, 0.25) is 5.95 Å². The number of anilines is 2. The molecule has 1 saturated carbocycles. The average Bonchev–Trinajstić information content (AvgIpc) is 2.66. The van der Waals surface area contributed by atoms with E-state index in [4.69, 9.17) is 11.5 Å². The summed E-state index contributed by atoms with van der Waals surface area (Å²) in [6, 6.07) is 13.2. The quantitative estimate of drug-likeness (QED) is 0.639. The van der Waals surface area contributed by atoms with Gasteiger partial charge >= 0.3 is 0 Å². The van der Waals surface area contributed by atoms with Gasteiger partial charge in [0.1, 0.15) is 5.82 Å². The van der Waals surface area contributed by atoms with Crippen LogP contribution in [0.15, 0.2) is 36.4 Å². The van der Waals surface area contributed by atoms with E-state index in [-0.39, 0.29) is 24.8 Å². The third-order valence-electron chi connectivity index (χ3n) is 5.95. The molecule has 1 aromatic heterocycles. The van der Waals surface area contributed by atoms with Gasteiger partial charge in [0, 0.05) is 31.1 Å². The van der Waals surface area contributed by atoms with Crippen molar-refractivity contribution >= 4 is 36.6 Å². The maximum atomic E-state index is 5.90. The summed E-state index contributed by atoms with van der Waals surface area (Å²) in [7, 11) is 0. The summed E-state index contributed by atoms with van der Waals surface area (Å²) in [5.41, 5.74) is 14.3. The van der Waals surface area contributed by atoms with E-state index in [1.165, 1.54) is 18.4 Å². The first-order valence-electron chi connectivity index (χ1n) is 10.1. The third-order valence-corrected chi connectivity index (χ3v) is 5.95. The highest BCUT2D eigenvalue weighted by atomic mass is 35.5. The molecule has 6 nitrogen and oxygen atoms in total. The Morgan fingerprint density at radius 1 is 1.00 bits per heavy atom. The molecule has 0 bridgehead atoms. The number of nitrogens with two attached hydrogens (primary N) is 2. The molecule has 0 atom stereocenters. The second kappa shape index (κ2) is 11.0. The number of rotatable bonds is 6. The number of hydrogen-bond acceptors (Lipinski definition) is 6. The smallest absolute Gasteiger partial charge is 0.222 e. The SMILES string of the molecule is Cl.Cl.Nc1nc(NCCN2CCC(c3ccccc3)CC2)cc(C2CC(N)C2)n1. The van der Waals surface area contributed by atoms with Crippen molar-refractivity contribution in [3.8, 4) is 0 Å². The van der Waals surface area contributed by atoms with Crippen LogP contribution in [0, 0.1) is 0 Å². The molecule has 2 heterocycles. The molecule has 29 heavy (non-hydrogen) atoms. The molecule has 0 amide bonds. The summed E-state index contributed by atoms with van der Waals surface area (Å²) in [6.45, 7) is 4.20. The van der Waals surface area contributed by atoms with Crippen molar-refractivity contribution in [2.45, 2.75) is 43.6 Å². The van der Waals surface area contributed by atoms with E-state index in [1.54, 1.807) is 0 Å². The van der Waals surface area contributed by atoms with E-state index < -0.39 is 0 Å². The molecule has 0 unspecified atom stereocenters. The zero-order valence-corrected chi connectivity index (χ0v) is 18.3. The second-order valence-corrected chi connectivity index (χ2v) is 7.92. The molecule has 2 fully saturated rings. The lowest BCUT2D eigenvalue weighted by atomic mass is 9.78. The molecule has 5 N–H and O–H groups in total. The summed E-state index contributed by atoms with van der Waals surface area (Å²) in [6.07, 6.45) is 4.45. The van der Waals surface area contributed by atoms with Crippen molar-refractivity contribution in [3.63, 3.8) is 0 Å². The van der Waals surface area contributed by atoms with Gasteiger partial charge in [-0.15, -0.1) is 24.8 Å². The standard InChI is InChI=1S/C21H30N6.2ClH/c22-18-12-17(13-18)19-14-20(26-21(23)25-19)24-8-11-27-9-6-16(7-10-27)15-4-2-1-3-5-15;;/h1-5,14,16-18H,6-13,22H2,(H3,23,24,25,26);2*1H. The molecule has 2 aromatic rings. The topological polar surface area (TPSA) is 93.1 Å². The minimum atomic E-state index is 0. The number of aromatic nitrogens is 2. The van der Waals surface area contributed by atoms with Crippen molar-refractivity contribution in [3.05, 3.63) is 47.7 Å². The number of piperidine rings is 1. The minimum Gasteiger partial charge on any atom is -0.369 e. The highest BCUT2D eigenvalue weighted by molar-refractivity contribution is 5.85. The molecule has 0 spiro atoms. The third kappa shape index (κ3) is 6.19. The Labute approximate surface area is 185 Å². The van der Waals surface area contributed by atoms with Crippen LogP contribution >= 0.6 is 24.8 Å². The van der Waals surface area contributed by atoms with Crippen molar-refractivity contribution in [2.75, 3.05) is 37.2 Å². The molecule has 0 radical (unpaired) electrons. The molecule has 1 aliphatic carbocycles. The molecular weight excluding hydrogens is 407 g/mol. The maximum absolute atomic E-state index is 5.90. The van der Waals surface area contributed by atoms with Crippen LogP contribution in [0.3, 0.4) is 0 Å². The summed E-state index contributed by atoms with van der Waals surface area (Å²) in [5, 5.41) is 3.43. The van der Waals surface area contributed by atoms with E-state index >= 15 is 0 Å². The van der Waals surface area contributed by atoms with E-state index in [2.05, 4.69) is 50.5 Å². The van der Waals surface area contributed by atoms with Crippen molar-refractivity contribution < 1.29 is 0 Å². The Kier molecular flexibility index (Phi) is 8.96. The van der Waals surface area contributed by atoms with Gasteiger partial charge in [-0.05, 0) is 50.3 Å². The van der Waals surface area contributed by atoms with Crippen LogP contribution in [-0.4, -0.2) is 47.1 Å². The Bertz CT molecular complexity index is 746. The van der Waals surface area contributed by atoms with Gasteiger partial charge in [0.25, 0.3) is 0 Å². The van der Waals surface area contributed by atoms with Gasteiger partial charge in [-0.3, -0.25) is 0 Å². The van der Waals surface area contributed by atoms with E-state index in [0.717, 1.165) is 50.5 Å². The molecule has 4 rings (SSSR count). The van der Waals surface area contributed by atoms with Gasteiger partial charge in [0.05, 0.1) is 5.69 Å². The van der Waals surface area contributed by atoms with E-state index in [1.807, 2.05) is 6.07 Å². The van der Waals surface area contributed by atoms with Gasteiger partial charge in [-0.1, -0.05) is 30.3 Å². The number of nitrogens with one attached hydrogen (secondary N) is 1. The lowest BCUT2D eigenvalue weighted by Crippen LogP contribution is -2.36. The van der Waals surface area contributed by atoms with Crippen molar-refractivity contribution in [2.24, 2.45) is 5.73 Å². The fourth-order valence-electron chi connectivity index (χ4n) is 4.25. The Hall–Kier alpha value is -1.60. The van der Waals surface area contributed by atoms with Crippen LogP contribution in [0.2, 0.25) is 0 Å². The molecule has 1 saturated heterocycles. The van der Waals surface area contributed by atoms with Crippen LogP contribution in [0.1, 0.15) is 48.8 Å². The predicted molar refractivity (Wildman–Crippen MR) is 124 cm³/mol. The highest BCUT2D eigenvalue weighted by Crippen LogP contribution is 2.35.